The lowest BCUT2D eigenvalue weighted by atomic mass is 10.1. The number of rotatable bonds is 5. The van der Waals surface area contributed by atoms with Crippen molar-refractivity contribution < 1.29 is 19.4 Å². The molecule has 0 saturated heterocycles. The highest BCUT2D eigenvalue weighted by atomic mass is 16.5. The first-order valence-corrected chi connectivity index (χ1v) is 5.78. The molecule has 0 aliphatic rings. The number of hydrogen-bond donors (Lipinski definition) is 1. The van der Waals surface area contributed by atoms with Crippen LogP contribution in [0.1, 0.15) is 15.9 Å². The van der Waals surface area contributed by atoms with Gasteiger partial charge < -0.3 is 14.6 Å². The van der Waals surface area contributed by atoms with Crippen LogP contribution in [0.5, 0.6) is 11.5 Å². The highest BCUT2D eigenvalue weighted by Crippen LogP contribution is 2.18. The fourth-order valence-corrected chi connectivity index (χ4v) is 1.58. The second-order valence-corrected chi connectivity index (χ2v) is 3.97. The average Bonchev–Trinajstić information content (AvgIpc) is 2.46. The van der Waals surface area contributed by atoms with Crippen LogP contribution in [0.4, 0.5) is 0 Å². The number of carboxylic acids is 1. The van der Waals surface area contributed by atoms with Crippen molar-refractivity contribution in [1.82, 2.24) is 0 Å². The zero-order valence-corrected chi connectivity index (χ0v) is 10.5. The Kier molecular flexibility index (Phi) is 4.03. The molecular weight excluding hydrogens is 244 g/mol. The monoisotopic (exact) mass is 258 g/mol. The number of aromatic carboxylic acids is 1. The van der Waals surface area contributed by atoms with Gasteiger partial charge in [-0.2, -0.15) is 0 Å². The third kappa shape index (κ3) is 3.48. The number of carboxylic acid groups (broad SMARTS) is 1. The van der Waals surface area contributed by atoms with Crippen LogP contribution in [0, 0.1) is 0 Å². The number of methoxy groups -OCH3 is 1. The molecule has 0 aliphatic heterocycles. The highest BCUT2D eigenvalue weighted by Gasteiger charge is 2.02. The molecule has 1 N–H and O–H groups in total. The molecule has 0 spiro atoms. The van der Waals surface area contributed by atoms with Gasteiger partial charge in [0.15, 0.2) is 0 Å². The van der Waals surface area contributed by atoms with Gasteiger partial charge in [-0.1, -0.05) is 12.1 Å². The first-order chi connectivity index (χ1) is 9.19. The van der Waals surface area contributed by atoms with Crippen molar-refractivity contribution in [2.75, 3.05) is 7.11 Å². The molecule has 2 aromatic carbocycles. The van der Waals surface area contributed by atoms with Crippen LogP contribution in [-0.4, -0.2) is 18.2 Å². The van der Waals surface area contributed by atoms with E-state index in [-0.39, 0.29) is 5.56 Å². The molecule has 98 valence electrons. The van der Waals surface area contributed by atoms with E-state index < -0.39 is 5.97 Å². The van der Waals surface area contributed by atoms with E-state index in [0.29, 0.717) is 6.61 Å². The van der Waals surface area contributed by atoms with Crippen molar-refractivity contribution in [2.45, 2.75) is 6.61 Å². The molecular formula is C15H14O4. The summed E-state index contributed by atoms with van der Waals surface area (Å²) in [5.74, 6) is 0.587. The van der Waals surface area contributed by atoms with Gasteiger partial charge in [0, 0.05) is 0 Å². The molecule has 0 fully saturated rings. The fourth-order valence-electron chi connectivity index (χ4n) is 1.58. The molecule has 0 bridgehead atoms. The van der Waals surface area contributed by atoms with Gasteiger partial charge in [-0.05, 0) is 42.0 Å². The van der Waals surface area contributed by atoms with Crippen LogP contribution in [0.25, 0.3) is 0 Å². The molecule has 0 unspecified atom stereocenters. The summed E-state index contributed by atoms with van der Waals surface area (Å²) in [6, 6.07) is 13.9. The number of hydrogen-bond acceptors (Lipinski definition) is 3. The lowest BCUT2D eigenvalue weighted by Gasteiger charge is -2.07. The van der Waals surface area contributed by atoms with Gasteiger partial charge in [-0.3, -0.25) is 0 Å². The Hall–Kier alpha value is -2.49. The zero-order chi connectivity index (χ0) is 13.7. The lowest BCUT2D eigenvalue weighted by molar-refractivity contribution is 0.0697. The summed E-state index contributed by atoms with van der Waals surface area (Å²) < 4.78 is 10.6. The molecule has 0 amide bonds. The summed E-state index contributed by atoms with van der Waals surface area (Å²) >= 11 is 0. The van der Waals surface area contributed by atoms with Gasteiger partial charge in [0.2, 0.25) is 0 Å². The van der Waals surface area contributed by atoms with E-state index in [1.807, 2.05) is 24.3 Å². The van der Waals surface area contributed by atoms with Crippen molar-refractivity contribution in [3.05, 3.63) is 59.7 Å². The Morgan fingerprint density at radius 1 is 1.00 bits per heavy atom. The third-order valence-corrected chi connectivity index (χ3v) is 2.67. The maximum absolute atomic E-state index is 10.7. The molecule has 0 heterocycles. The minimum absolute atomic E-state index is 0.271. The fraction of sp³-hybridized carbons (Fsp3) is 0.133. The lowest BCUT2D eigenvalue weighted by Crippen LogP contribution is -1.98. The van der Waals surface area contributed by atoms with Crippen LogP contribution in [0.15, 0.2) is 48.5 Å². The van der Waals surface area contributed by atoms with Gasteiger partial charge in [-0.15, -0.1) is 0 Å². The zero-order valence-electron chi connectivity index (χ0n) is 10.5. The van der Waals surface area contributed by atoms with Gasteiger partial charge in [-0.25, -0.2) is 4.79 Å². The Balaban J connectivity index is 1.95. The maximum Gasteiger partial charge on any atom is 0.335 e. The number of benzene rings is 2. The van der Waals surface area contributed by atoms with Crippen molar-refractivity contribution >= 4 is 5.97 Å². The standard InChI is InChI=1S/C15H14O4/c1-18-13-6-8-14(9-7-13)19-10-11-2-4-12(5-3-11)15(16)17/h2-9H,10H2,1H3,(H,16,17). The summed E-state index contributed by atoms with van der Waals surface area (Å²) in [4.78, 5) is 10.7. The molecule has 4 heteroatoms. The van der Waals surface area contributed by atoms with Gasteiger partial charge in [0.05, 0.1) is 12.7 Å². The van der Waals surface area contributed by atoms with Crippen molar-refractivity contribution in [3.63, 3.8) is 0 Å². The molecule has 0 saturated carbocycles. The predicted octanol–water partition coefficient (Wildman–Crippen LogP) is 2.97. The molecule has 0 radical (unpaired) electrons. The van der Waals surface area contributed by atoms with E-state index in [0.717, 1.165) is 17.1 Å². The summed E-state index contributed by atoms with van der Waals surface area (Å²) in [5.41, 5.74) is 1.19. The van der Waals surface area contributed by atoms with E-state index in [1.165, 1.54) is 0 Å². The van der Waals surface area contributed by atoms with Crippen molar-refractivity contribution in [2.24, 2.45) is 0 Å². The highest BCUT2D eigenvalue weighted by molar-refractivity contribution is 5.87. The van der Waals surface area contributed by atoms with Gasteiger partial charge in [0.1, 0.15) is 18.1 Å². The molecule has 0 atom stereocenters. The quantitative estimate of drug-likeness (QED) is 0.895. The molecule has 2 aromatic rings. The summed E-state index contributed by atoms with van der Waals surface area (Å²) in [5, 5.41) is 8.79. The normalized spacial score (nSPS) is 9.95. The predicted molar refractivity (Wildman–Crippen MR) is 70.7 cm³/mol. The number of ether oxygens (including phenoxy) is 2. The second kappa shape index (κ2) is 5.91. The Morgan fingerprint density at radius 3 is 2.11 bits per heavy atom. The molecule has 2 rings (SSSR count). The summed E-state index contributed by atoms with van der Waals surface area (Å²) in [6.45, 7) is 0.395. The summed E-state index contributed by atoms with van der Waals surface area (Å²) in [6.07, 6.45) is 0. The SMILES string of the molecule is COc1ccc(OCc2ccc(C(=O)O)cc2)cc1. The molecule has 4 nitrogen and oxygen atoms in total. The van der Waals surface area contributed by atoms with Crippen LogP contribution in [0.2, 0.25) is 0 Å². The van der Waals surface area contributed by atoms with Gasteiger partial charge >= 0.3 is 5.97 Å². The molecule has 0 aliphatic carbocycles. The average molecular weight is 258 g/mol. The molecule has 0 aromatic heterocycles. The van der Waals surface area contributed by atoms with Crippen molar-refractivity contribution in [3.8, 4) is 11.5 Å². The second-order valence-electron chi connectivity index (χ2n) is 3.97. The van der Waals surface area contributed by atoms with E-state index in [1.54, 1.807) is 31.4 Å². The summed E-state index contributed by atoms with van der Waals surface area (Å²) in [7, 11) is 1.61. The van der Waals surface area contributed by atoms with E-state index >= 15 is 0 Å². The van der Waals surface area contributed by atoms with E-state index in [2.05, 4.69) is 0 Å². The van der Waals surface area contributed by atoms with Gasteiger partial charge in [0.25, 0.3) is 0 Å². The van der Waals surface area contributed by atoms with E-state index in [9.17, 15) is 4.79 Å². The Bertz CT molecular complexity index is 543. The number of carbonyl (C=O) groups is 1. The third-order valence-electron chi connectivity index (χ3n) is 2.67. The minimum atomic E-state index is -0.928. The van der Waals surface area contributed by atoms with Crippen molar-refractivity contribution in [1.29, 1.82) is 0 Å². The smallest absolute Gasteiger partial charge is 0.335 e. The first kappa shape index (κ1) is 13.0. The van der Waals surface area contributed by atoms with Crippen LogP contribution >= 0.6 is 0 Å². The maximum atomic E-state index is 10.7. The molecule has 19 heavy (non-hydrogen) atoms. The Morgan fingerprint density at radius 2 is 1.58 bits per heavy atom. The topological polar surface area (TPSA) is 55.8 Å². The minimum Gasteiger partial charge on any atom is -0.497 e. The Labute approximate surface area is 111 Å². The van der Waals surface area contributed by atoms with Crippen LogP contribution < -0.4 is 9.47 Å². The largest absolute Gasteiger partial charge is 0.497 e. The van der Waals surface area contributed by atoms with Crippen LogP contribution in [0.3, 0.4) is 0 Å². The first-order valence-electron chi connectivity index (χ1n) is 5.78. The van der Waals surface area contributed by atoms with E-state index in [4.69, 9.17) is 14.6 Å². The van der Waals surface area contributed by atoms with Crippen LogP contribution in [-0.2, 0) is 6.61 Å².